The van der Waals surface area contributed by atoms with Crippen molar-refractivity contribution in [2.24, 2.45) is 0 Å². The molecule has 1 fully saturated rings. The number of carbonyl (C=O) groups is 1. The molecule has 1 atom stereocenters. The van der Waals surface area contributed by atoms with Gasteiger partial charge < -0.3 is 4.74 Å². The SMILES string of the molecule is CCOC(=O)C(C)(CCn1cc(C)cn1)NC1CC1. The summed E-state index contributed by atoms with van der Waals surface area (Å²) >= 11 is 0. The molecular formula is C14H23N3O2. The first kappa shape index (κ1) is 14.1. The predicted molar refractivity (Wildman–Crippen MR) is 72.8 cm³/mol. The predicted octanol–water partition coefficient (Wildman–Crippen LogP) is 1.66. The lowest BCUT2D eigenvalue weighted by Gasteiger charge is -2.28. The molecule has 1 aromatic heterocycles. The summed E-state index contributed by atoms with van der Waals surface area (Å²) in [5, 5.41) is 7.67. The van der Waals surface area contributed by atoms with Crippen LogP contribution < -0.4 is 5.32 Å². The van der Waals surface area contributed by atoms with Gasteiger partial charge in [-0.2, -0.15) is 5.10 Å². The minimum absolute atomic E-state index is 0.161. The van der Waals surface area contributed by atoms with E-state index < -0.39 is 5.54 Å². The standard InChI is InChI=1S/C14H23N3O2/c1-4-19-13(18)14(3,16-12-5-6-12)7-8-17-10-11(2)9-15-17/h9-10,12,16H,4-8H2,1-3H3. The van der Waals surface area contributed by atoms with Crippen LogP contribution in [0.15, 0.2) is 12.4 Å². The maximum absolute atomic E-state index is 12.1. The van der Waals surface area contributed by atoms with Crippen LogP contribution in [0, 0.1) is 6.92 Å². The third kappa shape index (κ3) is 3.80. The normalized spacial score (nSPS) is 18.1. The Bertz CT molecular complexity index is 440. The molecule has 19 heavy (non-hydrogen) atoms. The zero-order valence-electron chi connectivity index (χ0n) is 12.0. The van der Waals surface area contributed by atoms with Crippen molar-refractivity contribution in [1.82, 2.24) is 15.1 Å². The van der Waals surface area contributed by atoms with E-state index in [-0.39, 0.29) is 5.97 Å². The average Bonchev–Trinajstić information content (AvgIpc) is 3.07. The van der Waals surface area contributed by atoms with Gasteiger partial charge in [0.25, 0.3) is 0 Å². The number of hydrogen-bond donors (Lipinski definition) is 1. The second-order valence-corrected chi connectivity index (χ2v) is 5.50. The second kappa shape index (κ2) is 5.74. The summed E-state index contributed by atoms with van der Waals surface area (Å²) in [5.74, 6) is -0.161. The van der Waals surface area contributed by atoms with Gasteiger partial charge in [0.15, 0.2) is 0 Å². The lowest BCUT2D eigenvalue weighted by molar-refractivity contribution is -0.151. The van der Waals surface area contributed by atoms with Crippen LogP contribution in [0.4, 0.5) is 0 Å². The van der Waals surface area contributed by atoms with Crippen LogP contribution in [0.25, 0.3) is 0 Å². The van der Waals surface area contributed by atoms with E-state index in [0.717, 1.165) is 18.4 Å². The maximum Gasteiger partial charge on any atom is 0.326 e. The van der Waals surface area contributed by atoms with Crippen LogP contribution in [0.2, 0.25) is 0 Å². The third-order valence-electron chi connectivity index (χ3n) is 3.43. The van der Waals surface area contributed by atoms with Gasteiger partial charge in [-0.25, -0.2) is 0 Å². The van der Waals surface area contributed by atoms with Gasteiger partial charge in [0.2, 0.25) is 0 Å². The highest BCUT2D eigenvalue weighted by molar-refractivity contribution is 5.80. The highest BCUT2D eigenvalue weighted by Gasteiger charge is 2.39. The Balaban J connectivity index is 1.97. The van der Waals surface area contributed by atoms with Gasteiger partial charge in [0, 0.05) is 18.8 Å². The molecule has 0 aromatic carbocycles. The van der Waals surface area contributed by atoms with Crippen molar-refractivity contribution in [3.05, 3.63) is 18.0 Å². The summed E-state index contributed by atoms with van der Waals surface area (Å²) in [4.78, 5) is 12.1. The first-order valence-corrected chi connectivity index (χ1v) is 6.97. The van der Waals surface area contributed by atoms with Gasteiger partial charge in [-0.15, -0.1) is 0 Å². The number of hydrogen-bond acceptors (Lipinski definition) is 4. The van der Waals surface area contributed by atoms with E-state index in [0.29, 0.717) is 25.6 Å². The van der Waals surface area contributed by atoms with Crippen LogP contribution >= 0.6 is 0 Å². The molecule has 2 rings (SSSR count). The molecule has 0 saturated heterocycles. The molecule has 1 aliphatic carbocycles. The zero-order valence-corrected chi connectivity index (χ0v) is 12.0. The Morgan fingerprint density at radius 3 is 2.89 bits per heavy atom. The summed E-state index contributed by atoms with van der Waals surface area (Å²) in [6, 6.07) is 0.466. The molecule has 1 aliphatic rings. The van der Waals surface area contributed by atoms with Gasteiger partial charge >= 0.3 is 5.97 Å². The minimum atomic E-state index is -0.614. The van der Waals surface area contributed by atoms with E-state index in [1.165, 1.54) is 0 Å². The number of aromatic nitrogens is 2. The molecule has 0 amide bonds. The number of nitrogens with zero attached hydrogens (tertiary/aromatic N) is 2. The summed E-state index contributed by atoms with van der Waals surface area (Å²) in [6.45, 7) is 6.91. The number of rotatable bonds is 7. The van der Waals surface area contributed by atoms with Crippen LogP contribution in [0.1, 0.15) is 38.7 Å². The van der Waals surface area contributed by atoms with Gasteiger partial charge in [0.1, 0.15) is 5.54 Å². The molecule has 0 bridgehead atoms. The topological polar surface area (TPSA) is 56.2 Å². The number of nitrogens with one attached hydrogen (secondary N) is 1. The lowest BCUT2D eigenvalue weighted by Crippen LogP contribution is -2.52. The minimum Gasteiger partial charge on any atom is -0.465 e. The summed E-state index contributed by atoms with van der Waals surface area (Å²) in [5.41, 5.74) is 0.518. The van der Waals surface area contributed by atoms with Crippen molar-refractivity contribution in [3.63, 3.8) is 0 Å². The van der Waals surface area contributed by atoms with Crippen LogP contribution in [-0.2, 0) is 16.1 Å². The molecule has 1 heterocycles. The molecule has 0 aliphatic heterocycles. The molecular weight excluding hydrogens is 242 g/mol. The Labute approximate surface area is 114 Å². The van der Waals surface area contributed by atoms with Crippen molar-refractivity contribution in [2.45, 2.75) is 58.2 Å². The van der Waals surface area contributed by atoms with Gasteiger partial charge in [-0.05, 0) is 45.6 Å². The molecule has 0 radical (unpaired) electrons. The van der Waals surface area contributed by atoms with Crippen molar-refractivity contribution >= 4 is 5.97 Å². The first-order chi connectivity index (χ1) is 9.03. The Morgan fingerprint density at radius 2 is 2.37 bits per heavy atom. The molecule has 5 heteroatoms. The van der Waals surface area contributed by atoms with E-state index in [1.807, 2.05) is 37.8 Å². The molecule has 106 valence electrons. The second-order valence-electron chi connectivity index (χ2n) is 5.50. The molecule has 1 N–H and O–H groups in total. The molecule has 1 aromatic rings. The molecule has 1 saturated carbocycles. The maximum atomic E-state index is 12.1. The zero-order chi connectivity index (χ0) is 13.9. The Morgan fingerprint density at radius 1 is 1.63 bits per heavy atom. The van der Waals surface area contributed by atoms with Crippen LogP contribution in [-0.4, -0.2) is 33.9 Å². The van der Waals surface area contributed by atoms with Crippen LogP contribution in [0.5, 0.6) is 0 Å². The number of aryl methyl sites for hydroxylation is 2. The summed E-state index contributed by atoms with van der Waals surface area (Å²) in [7, 11) is 0. The van der Waals surface area contributed by atoms with Crippen molar-refractivity contribution in [3.8, 4) is 0 Å². The van der Waals surface area contributed by atoms with Gasteiger partial charge in [-0.1, -0.05) is 0 Å². The van der Waals surface area contributed by atoms with E-state index in [1.54, 1.807) is 0 Å². The number of esters is 1. The Kier molecular flexibility index (Phi) is 4.24. The Hall–Kier alpha value is -1.36. The fraction of sp³-hybridized carbons (Fsp3) is 0.714. The number of ether oxygens (including phenoxy) is 1. The average molecular weight is 265 g/mol. The fourth-order valence-corrected chi connectivity index (χ4v) is 2.13. The monoisotopic (exact) mass is 265 g/mol. The van der Waals surface area contributed by atoms with E-state index in [2.05, 4.69) is 10.4 Å². The van der Waals surface area contributed by atoms with Gasteiger partial charge in [-0.3, -0.25) is 14.8 Å². The largest absolute Gasteiger partial charge is 0.465 e. The van der Waals surface area contributed by atoms with Crippen molar-refractivity contribution in [2.75, 3.05) is 6.61 Å². The molecule has 5 nitrogen and oxygen atoms in total. The summed E-state index contributed by atoms with van der Waals surface area (Å²) in [6.07, 6.45) is 6.80. The van der Waals surface area contributed by atoms with E-state index in [4.69, 9.17) is 4.74 Å². The molecule has 0 spiro atoms. The van der Waals surface area contributed by atoms with Crippen molar-refractivity contribution < 1.29 is 9.53 Å². The molecule has 1 unspecified atom stereocenters. The van der Waals surface area contributed by atoms with E-state index >= 15 is 0 Å². The van der Waals surface area contributed by atoms with E-state index in [9.17, 15) is 4.79 Å². The first-order valence-electron chi connectivity index (χ1n) is 6.97. The summed E-state index contributed by atoms with van der Waals surface area (Å²) < 4.78 is 7.07. The lowest BCUT2D eigenvalue weighted by atomic mass is 9.97. The smallest absolute Gasteiger partial charge is 0.326 e. The quantitative estimate of drug-likeness (QED) is 0.762. The highest BCUT2D eigenvalue weighted by atomic mass is 16.5. The van der Waals surface area contributed by atoms with Crippen LogP contribution in [0.3, 0.4) is 0 Å². The van der Waals surface area contributed by atoms with Crippen molar-refractivity contribution in [1.29, 1.82) is 0 Å². The number of carbonyl (C=O) groups excluding carboxylic acids is 1. The third-order valence-corrected chi connectivity index (χ3v) is 3.43. The van der Waals surface area contributed by atoms with Gasteiger partial charge in [0.05, 0.1) is 12.8 Å². The fourth-order valence-electron chi connectivity index (χ4n) is 2.13. The highest BCUT2D eigenvalue weighted by Crippen LogP contribution is 2.25.